The topological polar surface area (TPSA) is 43.1 Å². The van der Waals surface area contributed by atoms with E-state index in [4.69, 9.17) is 5.73 Å². The number of ketones is 1. The number of Topliss-reactive ketones (excluding diaryl/α,β-unsaturated/α-hetero) is 1. The summed E-state index contributed by atoms with van der Waals surface area (Å²) in [5.74, 6) is -0.0113. The third-order valence-electron chi connectivity index (χ3n) is 1.78. The first-order chi connectivity index (χ1) is 6.15. The van der Waals surface area contributed by atoms with Gasteiger partial charge in [-0.3, -0.25) is 4.79 Å². The Labute approximate surface area is 98.4 Å². The fourth-order valence-electron chi connectivity index (χ4n) is 1.07. The minimum Gasteiger partial charge on any atom is -0.321 e. The molecule has 0 aliphatic rings. The molecule has 1 atom stereocenters. The molecule has 1 rings (SSSR count). The van der Waals surface area contributed by atoms with Gasteiger partial charge in [-0.15, -0.1) is 12.4 Å². The van der Waals surface area contributed by atoms with Crippen LogP contribution < -0.4 is 5.73 Å². The highest BCUT2D eigenvalue weighted by Crippen LogP contribution is 2.10. The van der Waals surface area contributed by atoms with Crippen molar-refractivity contribution in [1.29, 1.82) is 0 Å². The van der Waals surface area contributed by atoms with Gasteiger partial charge in [0.25, 0.3) is 0 Å². The zero-order valence-corrected chi connectivity index (χ0v) is 10.3. The van der Waals surface area contributed by atoms with Crippen LogP contribution in [0.1, 0.15) is 22.8 Å². The van der Waals surface area contributed by atoms with Gasteiger partial charge in [-0.05, 0) is 18.6 Å². The molecule has 2 nitrogen and oxygen atoms in total. The molecule has 0 spiro atoms. The van der Waals surface area contributed by atoms with E-state index >= 15 is 0 Å². The van der Waals surface area contributed by atoms with Crippen molar-refractivity contribution in [3.05, 3.63) is 35.4 Å². The Bertz CT molecular complexity index is 315. The molecule has 0 amide bonds. The molecule has 14 heavy (non-hydrogen) atoms. The zero-order valence-electron chi connectivity index (χ0n) is 7.87. The van der Waals surface area contributed by atoms with Gasteiger partial charge in [-0.2, -0.15) is 0 Å². The Morgan fingerprint density at radius 2 is 2.21 bits per heavy atom. The first-order valence-electron chi connectivity index (χ1n) is 4.10. The van der Waals surface area contributed by atoms with E-state index in [0.717, 1.165) is 10.9 Å². The van der Waals surface area contributed by atoms with Gasteiger partial charge in [0.15, 0.2) is 5.78 Å². The molecule has 0 fully saturated rings. The Morgan fingerprint density at radius 1 is 1.57 bits per heavy atom. The first kappa shape index (κ1) is 13.6. The van der Waals surface area contributed by atoms with Crippen LogP contribution in [0.25, 0.3) is 0 Å². The van der Waals surface area contributed by atoms with Crippen molar-refractivity contribution < 1.29 is 4.79 Å². The summed E-state index contributed by atoms with van der Waals surface area (Å²) in [5, 5.41) is 0.757. The van der Waals surface area contributed by atoms with E-state index in [0.29, 0.717) is 5.56 Å². The fourth-order valence-corrected chi connectivity index (χ4v) is 1.42. The monoisotopic (exact) mass is 277 g/mol. The molecule has 0 aliphatic heterocycles. The maximum absolute atomic E-state index is 11.5. The Kier molecular flexibility index (Phi) is 6.00. The number of carbonyl (C=O) groups excluding carboxylic acids is 1. The number of benzene rings is 1. The minimum atomic E-state index is -0.425. The molecule has 0 unspecified atom stereocenters. The highest BCUT2D eigenvalue weighted by Gasteiger charge is 2.10. The molecule has 2 N–H and O–H groups in total. The molecule has 78 valence electrons. The normalized spacial score (nSPS) is 11.6. The second-order valence-electron chi connectivity index (χ2n) is 2.99. The van der Waals surface area contributed by atoms with Gasteiger partial charge in [0.2, 0.25) is 0 Å². The lowest BCUT2D eigenvalue weighted by Gasteiger charge is -2.05. The van der Waals surface area contributed by atoms with Crippen LogP contribution in [-0.2, 0) is 5.33 Å². The second kappa shape index (κ2) is 6.17. The molecule has 0 saturated carbocycles. The number of rotatable bonds is 3. The van der Waals surface area contributed by atoms with Crippen LogP contribution in [0.2, 0.25) is 0 Å². The molecule has 0 heterocycles. The summed E-state index contributed by atoms with van der Waals surface area (Å²) in [5.41, 5.74) is 7.27. The zero-order chi connectivity index (χ0) is 9.84. The molecular weight excluding hydrogens is 265 g/mol. The van der Waals surface area contributed by atoms with Crippen LogP contribution >= 0.6 is 28.3 Å². The third kappa shape index (κ3) is 3.40. The largest absolute Gasteiger partial charge is 0.321 e. The van der Waals surface area contributed by atoms with Gasteiger partial charge in [-0.25, -0.2) is 0 Å². The predicted molar refractivity (Wildman–Crippen MR) is 64.3 cm³/mol. The molecule has 0 radical (unpaired) electrons. The van der Waals surface area contributed by atoms with E-state index in [1.165, 1.54) is 0 Å². The van der Waals surface area contributed by atoms with Crippen molar-refractivity contribution in [2.45, 2.75) is 18.3 Å². The van der Waals surface area contributed by atoms with Crippen molar-refractivity contribution >= 4 is 34.1 Å². The first-order valence-corrected chi connectivity index (χ1v) is 5.22. The summed E-state index contributed by atoms with van der Waals surface area (Å²) >= 11 is 3.34. The smallest absolute Gasteiger partial charge is 0.179 e. The summed E-state index contributed by atoms with van der Waals surface area (Å²) in [6, 6.07) is 7.06. The predicted octanol–water partition coefficient (Wildman–Crippen LogP) is 2.53. The van der Waals surface area contributed by atoms with E-state index in [1.54, 1.807) is 13.0 Å². The summed E-state index contributed by atoms with van der Waals surface area (Å²) in [6.07, 6.45) is 0. The van der Waals surface area contributed by atoms with Crippen LogP contribution in [-0.4, -0.2) is 11.8 Å². The van der Waals surface area contributed by atoms with Gasteiger partial charge in [0.1, 0.15) is 0 Å². The van der Waals surface area contributed by atoms with Crippen molar-refractivity contribution in [2.24, 2.45) is 5.73 Å². The lowest BCUT2D eigenvalue weighted by molar-refractivity contribution is 0.0968. The number of alkyl halides is 1. The quantitative estimate of drug-likeness (QED) is 0.682. The number of nitrogens with two attached hydrogens (primary N) is 1. The van der Waals surface area contributed by atoms with Crippen LogP contribution in [0.15, 0.2) is 24.3 Å². The standard InChI is InChI=1S/C10H12BrNO.ClH/c1-7(12)10(13)9-4-2-3-8(5-9)6-11;/h2-5,7H,6,12H2,1H3;1H/t7-;/m0./s1. The average Bonchev–Trinajstić information content (AvgIpc) is 2.16. The number of halogens is 2. The van der Waals surface area contributed by atoms with E-state index in [-0.39, 0.29) is 18.2 Å². The van der Waals surface area contributed by atoms with Gasteiger partial charge in [-0.1, -0.05) is 34.1 Å². The van der Waals surface area contributed by atoms with Gasteiger partial charge < -0.3 is 5.73 Å². The molecular formula is C10H13BrClNO. The number of hydrogen-bond donors (Lipinski definition) is 1. The molecule has 0 bridgehead atoms. The van der Waals surface area contributed by atoms with Gasteiger partial charge in [0, 0.05) is 10.9 Å². The van der Waals surface area contributed by atoms with E-state index in [2.05, 4.69) is 15.9 Å². The second-order valence-corrected chi connectivity index (χ2v) is 3.55. The molecule has 0 aromatic heterocycles. The Balaban J connectivity index is 0.00000169. The van der Waals surface area contributed by atoms with Crippen molar-refractivity contribution in [2.75, 3.05) is 0 Å². The van der Waals surface area contributed by atoms with Crippen molar-refractivity contribution in [1.82, 2.24) is 0 Å². The summed E-state index contributed by atoms with van der Waals surface area (Å²) in [6.45, 7) is 1.70. The Morgan fingerprint density at radius 3 is 2.71 bits per heavy atom. The van der Waals surface area contributed by atoms with Crippen molar-refractivity contribution in [3.63, 3.8) is 0 Å². The number of carbonyl (C=O) groups is 1. The van der Waals surface area contributed by atoms with Crippen molar-refractivity contribution in [3.8, 4) is 0 Å². The highest BCUT2D eigenvalue weighted by atomic mass is 79.9. The lowest BCUT2D eigenvalue weighted by atomic mass is 10.0. The van der Waals surface area contributed by atoms with Crippen LogP contribution in [0, 0.1) is 0 Å². The summed E-state index contributed by atoms with van der Waals surface area (Å²) in [7, 11) is 0. The van der Waals surface area contributed by atoms with Gasteiger partial charge >= 0.3 is 0 Å². The molecule has 0 aliphatic carbocycles. The average molecular weight is 279 g/mol. The summed E-state index contributed by atoms with van der Waals surface area (Å²) < 4.78 is 0. The van der Waals surface area contributed by atoms with E-state index in [1.807, 2.05) is 18.2 Å². The SMILES string of the molecule is C[C@H](N)C(=O)c1cccc(CBr)c1.Cl. The fraction of sp³-hybridized carbons (Fsp3) is 0.300. The van der Waals surface area contributed by atoms with Crippen LogP contribution in [0.4, 0.5) is 0 Å². The minimum absolute atomic E-state index is 0. The molecule has 1 aromatic carbocycles. The van der Waals surface area contributed by atoms with Crippen LogP contribution in [0.3, 0.4) is 0 Å². The van der Waals surface area contributed by atoms with E-state index in [9.17, 15) is 4.79 Å². The van der Waals surface area contributed by atoms with Crippen LogP contribution in [0.5, 0.6) is 0 Å². The third-order valence-corrected chi connectivity index (χ3v) is 2.43. The van der Waals surface area contributed by atoms with Gasteiger partial charge in [0.05, 0.1) is 6.04 Å². The number of hydrogen-bond acceptors (Lipinski definition) is 2. The maximum atomic E-state index is 11.5. The molecule has 1 aromatic rings. The Hall–Kier alpha value is -0.380. The summed E-state index contributed by atoms with van der Waals surface area (Å²) in [4.78, 5) is 11.5. The molecule has 4 heteroatoms. The molecule has 0 saturated heterocycles. The van der Waals surface area contributed by atoms with E-state index < -0.39 is 6.04 Å². The highest BCUT2D eigenvalue weighted by molar-refractivity contribution is 9.08. The lowest BCUT2D eigenvalue weighted by Crippen LogP contribution is -2.26. The maximum Gasteiger partial charge on any atom is 0.179 e.